The average Bonchev–Trinajstić information content (AvgIpc) is 2.36. The molecule has 0 bridgehead atoms. The van der Waals surface area contributed by atoms with Gasteiger partial charge in [0.05, 0.1) is 0 Å². The van der Waals surface area contributed by atoms with Gasteiger partial charge in [-0.3, -0.25) is 0 Å². The topological polar surface area (TPSA) is 26.3 Å². The highest BCUT2D eigenvalue weighted by molar-refractivity contribution is 5.73. The summed E-state index contributed by atoms with van der Waals surface area (Å²) in [5.41, 5.74) is 0. The van der Waals surface area contributed by atoms with Gasteiger partial charge in [-0.05, 0) is 19.3 Å². The van der Waals surface area contributed by atoms with E-state index in [-0.39, 0.29) is 0 Å². The Morgan fingerprint density at radius 1 is 1.42 bits per heavy atom. The SMILES string of the molecule is O=C(O[C@H]1CCC[C@@H]1F)C(F)F. The molecule has 0 aliphatic heterocycles. The van der Waals surface area contributed by atoms with Gasteiger partial charge in [0.1, 0.15) is 12.3 Å². The van der Waals surface area contributed by atoms with E-state index in [1.807, 2.05) is 0 Å². The number of rotatable bonds is 2. The van der Waals surface area contributed by atoms with Gasteiger partial charge < -0.3 is 4.74 Å². The molecule has 2 nitrogen and oxygen atoms in total. The van der Waals surface area contributed by atoms with E-state index < -0.39 is 24.7 Å². The number of ether oxygens (including phenoxy) is 1. The van der Waals surface area contributed by atoms with Crippen LogP contribution in [0, 0.1) is 0 Å². The van der Waals surface area contributed by atoms with Crippen molar-refractivity contribution >= 4 is 5.97 Å². The van der Waals surface area contributed by atoms with Crippen LogP contribution in [0.25, 0.3) is 0 Å². The molecule has 2 atom stereocenters. The summed E-state index contributed by atoms with van der Waals surface area (Å²) in [6.07, 6.45) is -4.15. The first-order valence-electron chi connectivity index (χ1n) is 3.74. The fraction of sp³-hybridized carbons (Fsp3) is 0.857. The molecule has 5 heteroatoms. The fourth-order valence-corrected chi connectivity index (χ4v) is 1.21. The van der Waals surface area contributed by atoms with Crippen molar-refractivity contribution in [1.82, 2.24) is 0 Å². The van der Waals surface area contributed by atoms with Crippen LogP contribution in [0.15, 0.2) is 0 Å². The van der Waals surface area contributed by atoms with Crippen LogP contribution in [0.5, 0.6) is 0 Å². The van der Waals surface area contributed by atoms with E-state index in [2.05, 4.69) is 4.74 Å². The van der Waals surface area contributed by atoms with Crippen LogP contribution in [0.3, 0.4) is 0 Å². The van der Waals surface area contributed by atoms with E-state index >= 15 is 0 Å². The first-order valence-corrected chi connectivity index (χ1v) is 3.74. The Morgan fingerprint density at radius 3 is 2.50 bits per heavy atom. The largest absolute Gasteiger partial charge is 0.455 e. The van der Waals surface area contributed by atoms with E-state index in [1.165, 1.54) is 0 Å². The summed E-state index contributed by atoms with van der Waals surface area (Å²) in [5.74, 6) is -1.62. The molecule has 1 aliphatic rings. The molecule has 1 fully saturated rings. The predicted molar refractivity (Wildman–Crippen MR) is 34.6 cm³/mol. The van der Waals surface area contributed by atoms with E-state index in [9.17, 15) is 18.0 Å². The van der Waals surface area contributed by atoms with Gasteiger partial charge in [0, 0.05) is 0 Å². The minimum Gasteiger partial charge on any atom is -0.455 e. The van der Waals surface area contributed by atoms with Gasteiger partial charge in [-0.15, -0.1) is 0 Å². The number of carbonyl (C=O) groups excluding carboxylic acids is 1. The summed E-state index contributed by atoms with van der Waals surface area (Å²) >= 11 is 0. The smallest absolute Gasteiger partial charge is 0.374 e. The summed E-state index contributed by atoms with van der Waals surface area (Å²) in [6.45, 7) is 0. The molecule has 0 spiro atoms. The first kappa shape index (κ1) is 9.35. The number of carbonyl (C=O) groups is 1. The Kier molecular flexibility index (Phi) is 2.94. The fourth-order valence-electron chi connectivity index (χ4n) is 1.21. The third kappa shape index (κ3) is 2.12. The van der Waals surface area contributed by atoms with Crippen LogP contribution in [0.1, 0.15) is 19.3 Å². The molecule has 0 unspecified atom stereocenters. The highest BCUT2D eigenvalue weighted by Gasteiger charge is 2.32. The molecule has 0 saturated heterocycles. The van der Waals surface area contributed by atoms with Gasteiger partial charge in [-0.2, -0.15) is 8.78 Å². The number of hydrogen-bond donors (Lipinski definition) is 0. The van der Waals surface area contributed by atoms with Crippen molar-refractivity contribution in [3.8, 4) is 0 Å². The van der Waals surface area contributed by atoms with E-state index in [0.29, 0.717) is 19.3 Å². The van der Waals surface area contributed by atoms with Crippen molar-refractivity contribution in [2.24, 2.45) is 0 Å². The molecular weight excluding hydrogens is 173 g/mol. The lowest BCUT2D eigenvalue weighted by atomic mass is 10.3. The number of hydrogen-bond acceptors (Lipinski definition) is 2. The van der Waals surface area contributed by atoms with Crippen molar-refractivity contribution in [3.63, 3.8) is 0 Å². The second-order valence-electron chi connectivity index (χ2n) is 2.72. The molecule has 0 aromatic rings. The Bertz CT molecular complexity index is 172. The molecule has 1 rings (SSSR count). The lowest BCUT2D eigenvalue weighted by Crippen LogP contribution is -2.26. The number of halogens is 3. The second kappa shape index (κ2) is 3.78. The van der Waals surface area contributed by atoms with Crippen molar-refractivity contribution in [2.45, 2.75) is 38.0 Å². The molecule has 12 heavy (non-hydrogen) atoms. The molecule has 1 aliphatic carbocycles. The molecule has 0 N–H and O–H groups in total. The molecular formula is C7H9F3O2. The molecule has 70 valence electrons. The van der Waals surface area contributed by atoms with Crippen LogP contribution in [0.4, 0.5) is 13.2 Å². The predicted octanol–water partition coefficient (Wildman–Crippen LogP) is 1.69. The molecule has 0 heterocycles. The van der Waals surface area contributed by atoms with Crippen LogP contribution in [-0.4, -0.2) is 24.7 Å². The number of esters is 1. The first-order chi connectivity index (χ1) is 5.61. The Hall–Kier alpha value is -0.740. The van der Waals surface area contributed by atoms with Crippen molar-refractivity contribution in [1.29, 1.82) is 0 Å². The maximum Gasteiger partial charge on any atom is 0.374 e. The van der Waals surface area contributed by atoms with Gasteiger partial charge in [0.25, 0.3) is 0 Å². The monoisotopic (exact) mass is 182 g/mol. The van der Waals surface area contributed by atoms with Crippen LogP contribution in [-0.2, 0) is 9.53 Å². The Balaban J connectivity index is 2.35. The lowest BCUT2D eigenvalue weighted by molar-refractivity contribution is -0.164. The zero-order valence-electron chi connectivity index (χ0n) is 6.30. The molecule has 0 amide bonds. The second-order valence-corrected chi connectivity index (χ2v) is 2.72. The zero-order valence-corrected chi connectivity index (χ0v) is 6.30. The van der Waals surface area contributed by atoms with Crippen LogP contribution in [0.2, 0.25) is 0 Å². The molecule has 1 saturated carbocycles. The summed E-state index contributed by atoms with van der Waals surface area (Å²) in [5, 5.41) is 0. The molecule has 0 aromatic carbocycles. The Labute approximate surface area is 67.7 Å². The van der Waals surface area contributed by atoms with E-state index in [1.54, 1.807) is 0 Å². The van der Waals surface area contributed by atoms with Gasteiger partial charge in [-0.25, -0.2) is 9.18 Å². The van der Waals surface area contributed by atoms with E-state index in [0.717, 1.165) is 0 Å². The average molecular weight is 182 g/mol. The minimum absolute atomic E-state index is 0.293. The third-order valence-corrected chi connectivity index (χ3v) is 1.82. The van der Waals surface area contributed by atoms with Crippen LogP contribution >= 0.6 is 0 Å². The van der Waals surface area contributed by atoms with Gasteiger partial charge >= 0.3 is 12.4 Å². The summed E-state index contributed by atoms with van der Waals surface area (Å²) in [6, 6.07) is 0. The zero-order chi connectivity index (χ0) is 9.14. The summed E-state index contributed by atoms with van der Waals surface area (Å²) in [4.78, 5) is 10.3. The molecule has 0 radical (unpaired) electrons. The minimum atomic E-state index is -3.15. The summed E-state index contributed by atoms with van der Waals surface area (Å²) in [7, 11) is 0. The van der Waals surface area contributed by atoms with Gasteiger partial charge in [-0.1, -0.05) is 0 Å². The van der Waals surface area contributed by atoms with Crippen LogP contribution < -0.4 is 0 Å². The standard InChI is InChI=1S/C7H9F3O2/c8-4-2-1-3-5(4)12-7(11)6(9)10/h4-6H,1-3H2/t4-,5-/m0/s1. The molecule has 0 aromatic heterocycles. The van der Waals surface area contributed by atoms with Crippen molar-refractivity contribution in [2.75, 3.05) is 0 Å². The third-order valence-electron chi connectivity index (χ3n) is 1.82. The highest BCUT2D eigenvalue weighted by Crippen LogP contribution is 2.25. The van der Waals surface area contributed by atoms with Crippen molar-refractivity contribution < 1.29 is 22.7 Å². The van der Waals surface area contributed by atoms with E-state index in [4.69, 9.17) is 0 Å². The van der Waals surface area contributed by atoms with Gasteiger partial charge in [0.15, 0.2) is 0 Å². The normalized spacial score (nSPS) is 29.3. The van der Waals surface area contributed by atoms with Gasteiger partial charge in [0.2, 0.25) is 0 Å². The maximum atomic E-state index is 12.7. The quantitative estimate of drug-likeness (QED) is 0.607. The number of alkyl halides is 3. The summed E-state index contributed by atoms with van der Waals surface area (Å²) < 4.78 is 40.1. The highest BCUT2D eigenvalue weighted by atomic mass is 19.3. The van der Waals surface area contributed by atoms with Crippen molar-refractivity contribution in [3.05, 3.63) is 0 Å². The maximum absolute atomic E-state index is 12.7. The Morgan fingerprint density at radius 2 is 2.08 bits per heavy atom. The lowest BCUT2D eigenvalue weighted by Gasteiger charge is -2.13.